The molecule has 2 N–H and O–H groups in total. The number of ether oxygens (including phenoxy) is 1. The van der Waals surface area contributed by atoms with Gasteiger partial charge in [0.2, 0.25) is 5.95 Å². The third kappa shape index (κ3) is 3.31. The number of halogens is 1. The van der Waals surface area contributed by atoms with Gasteiger partial charge in [0.25, 0.3) is 0 Å². The van der Waals surface area contributed by atoms with E-state index in [4.69, 9.17) is 16.3 Å². The Morgan fingerprint density at radius 1 is 1.30 bits per heavy atom. The third-order valence-electron chi connectivity index (χ3n) is 3.75. The fourth-order valence-electron chi connectivity index (χ4n) is 2.70. The number of nitrogens with zero attached hydrogens (tertiary/aromatic N) is 3. The van der Waals surface area contributed by atoms with Crippen molar-refractivity contribution in [1.29, 1.82) is 0 Å². The van der Waals surface area contributed by atoms with E-state index in [9.17, 15) is 5.11 Å². The number of nitrogens with one attached hydrogen (secondary N) is 1. The lowest BCUT2D eigenvalue weighted by Crippen LogP contribution is -2.37. The summed E-state index contributed by atoms with van der Waals surface area (Å²) < 4.78 is 5.34. The molecule has 7 heteroatoms. The van der Waals surface area contributed by atoms with E-state index in [0.29, 0.717) is 24.3 Å². The molecular weight excluding hydrogens is 280 g/mol. The van der Waals surface area contributed by atoms with Crippen LogP contribution in [0.15, 0.2) is 6.07 Å². The van der Waals surface area contributed by atoms with Crippen molar-refractivity contribution in [3.8, 4) is 0 Å². The molecule has 110 valence electrons. The molecule has 0 amide bonds. The number of rotatable bonds is 3. The van der Waals surface area contributed by atoms with Gasteiger partial charge in [-0.1, -0.05) is 11.6 Å². The van der Waals surface area contributed by atoms with Crippen LogP contribution in [0.1, 0.15) is 19.3 Å². The van der Waals surface area contributed by atoms with E-state index in [-0.39, 0.29) is 12.1 Å². The summed E-state index contributed by atoms with van der Waals surface area (Å²) in [5, 5.41) is 13.3. The third-order valence-corrected chi connectivity index (χ3v) is 3.95. The van der Waals surface area contributed by atoms with Crippen LogP contribution in [0.4, 0.5) is 11.8 Å². The molecule has 6 nitrogen and oxygen atoms in total. The van der Waals surface area contributed by atoms with Gasteiger partial charge in [-0.15, -0.1) is 0 Å². The van der Waals surface area contributed by atoms with Gasteiger partial charge in [-0.3, -0.25) is 0 Å². The summed E-state index contributed by atoms with van der Waals surface area (Å²) in [5.41, 5.74) is 0. The Kier molecular flexibility index (Phi) is 4.24. The van der Waals surface area contributed by atoms with Crippen LogP contribution in [0.5, 0.6) is 0 Å². The van der Waals surface area contributed by atoms with Crippen LogP contribution in [-0.2, 0) is 4.74 Å². The minimum Gasteiger partial charge on any atom is -0.393 e. The van der Waals surface area contributed by atoms with Crippen LogP contribution in [0.3, 0.4) is 0 Å². The van der Waals surface area contributed by atoms with Gasteiger partial charge in [-0.2, -0.15) is 4.98 Å². The van der Waals surface area contributed by atoms with E-state index in [0.717, 1.165) is 38.2 Å². The number of hydrogen-bond acceptors (Lipinski definition) is 6. The summed E-state index contributed by atoms with van der Waals surface area (Å²) in [5.74, 6) is 1.37. The Hall–Kier alpha value is -1.11. The predicted molar refractivity (Wildman–Crippen MR) is 77.3 cm³/mol. The lowest BCUT2D eigenvalue weighted by molar-refractivity contribution is 0.122. The minimum absolute atomic E-state index is 0.217. The molecule has 0 aromatic carbocycles. The molecule has 2 heterocycles. The molecule has 1 aromatic heterocycles. The largest absolute Gasteiger partial charge is 0.393 e. The quantitative estimate of drug-likeness (QED) is 0.820. The normalized spacial score (nSPS) is 26.8. The molecule has 0 spiro atoms. The fourth-order valence-corrected chi connectivity index (χ4v) is 2.87. The topological polar surface area (TPSA) is 70.5 Å². The molecule has 1 aromatic rings. The highest BCUT2D eigenvalue weighted by atomic mass is 35.5. The monoisotopic (exact) mass is 298 g/mol. The van der Waals surface area contributed by atoms with Gasteiger partial charge >= 0.3 is 0 Å². The molecule has 0 radical (unpaired) electrons. The van der Waals surface area contributed by atoms with Crippen molar-refractivity contribution in [3.63, 3.8) is 0 Å². The Morgan fingerprint density at radius 2 is 2.10 bits per heavy atom. The zero-order valence-electron chi connectivity index (χ0n) is 11.3. The highest BCUT2D eigenvalue weighted by molar-refractivity contribution is 6.29. The standard InChI is InChI=1S/C13H19ClN4O2/c14-11-8-12(18-3-5-20-6-4-18)17-13(16-11)15-9-1-2-10(19)7-9/h8-10,19H,1-7H2,(H,15,16,17). The first-order chi connectivity index (χ1) is 9.70. The van der Waals surface area contributed by atoms with E-state index in [1.165, 1.54) is 0 Å². The highest BCUT2D eigenvalue weighted by Gasteiger charge is 2.24. The SMILES string of the molecule is OC1CCC(Nc2nc(Cl)cc(N3CCOCC3)n2)C1. The van der Waals surface area contributed by atoms with Crippen LogP contribution in [0.25, 0.3) is 0 Å². The van der Waals surface area contributed by atoms with Gasteiger partial charge in [0.15, 0.2) is 0 Å². The average Bonchev–Trinajstić information content (AvgIpc) is 2.84. The molecule has 1 saturated carbocycles. The zero-order valence-corrected chi connectivity index (χ0v) is 12.0. The first kappa shape index (κ1) is 13.9. The summed E-state index contributed by atoms with van der Waals surface area (Å²) in [6.45, 7) is 3.04. The molecule has 1 aliphatic heterocycles. The first-order valence-electron chi connectivity index (χ1n) is 7.02. The van der Waals surface area contributed by atoms with Gasteiger partial charge in [0.1, 0.15) is 11.0 Å². The maximum atomic E-state index is 9.56. The molecule has 3 rings (SSSR count). The molecule has 20 heavy (non-hydrogen) atoms. The smallest absolute Gasteiger partial charge is 0.226 e. The Morgan fingerprint density at radius 3 is 2.80 bits per heavy atom. The molecule has 2 unspecified atom stereocenters. The second-order valence-electron chi connectivity index (χ2n) is 5.28. The van der Waals surface area contributed by atoms with E-state index in [1.54, 1.807) is 6.07 Å². The van der Waals surface area contributed by atoms with Gasteiger partial charge in [-0.25, -0.2) is 4.98 Å². The van der Waals surface area contributed by atoms with Crippen molar-refractivity contribution in [2.45, 2.75) is 31.4 Å². The number of aliphatic hydroxyl groups is 1. The van der Waals surface area contributed by atoms with Crippen LogP contribution in [-0.4, -0.2) is 53.5 Å². The van der Waals surface area contributed by atoms with Crippen LogP contribution >= 0.6 is 11.6 Å². The number of hydrogen-bond donors (Lipinski definition) is 2. The van der Waals surface area contributed by atoms with Crippen molar-refractivity contribution in [2.75, 3.05) is 36.5 Å². The molecule has 2 aliphatic rings. The minimum atomic E-state index is -0.217. The number of morpholine rings is 1. The number of aliphatic hydroxyl groups excluding tert-OH is 1. The molecule has 2 atom stereocenters. The second-order valence-corrected chi connectivity index (χ2v) is 5.67. The summed E-state index contributed by atoms with van der Waals surface area (Å²) in [6.07, 6.45) is 2.28. The molecule has 0 bridgehead atoms. The zero-order chi connectivity index (χ0) is 13.9. The fraction of sp³-hybridized carbons (Fsp3) is 0.692. The molecule has 1 saturated heterocycles. The summed E-state index contributed by atoms with van der Waals surface area (Å²) in [6, 6.07) is 2.00. The maximum absolute atomic E-state index is 9.56. The van der Waals surface area contributed by atoms with Gasteiger partial charge in [0, 0.05) is 25.2 Å². The predicted octanol–water partition coefficient (Wildman–Crippen LogP) is 1.29. The van der Waals surface area contributed by atoms with Crippen LogP contribution < -0.4 is 10.2 Å². The lowest BCUT2D eigenvalue weighted by Gasteiger charge is -2.28. The van der Waals surface area contributed by atoms with E-state index >= 15 is 0 Å². The van der Waals surface area contributed by atoms with Crippen LogP contribution in [0.2, 0.25) is 5.15 Å². The number of aromatic nitrogens is 2. The Bertz CT molecular complexity index is 468. The van der Waals surface area contributed by atoms with Crippen molar-refractivity contribution in [3.05, 3.63) is 11.2 Å². The lowest BCUT2D eigenvalue weighted by atomic mass is 10.2. The van der Waals surface area contributed by atoms with E-state index in [2.05, 4.69) is 20.2 Å². The van der Waals surface area contributed by atoms with E-state index in [1.807, 2.05) is 0 Å². The van der Waals surface area contributed by atoms with Gasteiger partial charge in [-0.05, 0) is 19.3 Å². The first-order valence-corrected chi connectivity index (χ1v) is 7.40. The van der Waals surface area contributed by atoms with Crippen molar-refractivity contribution >= 4 is 23.4 Å². The van der Waals surface area contributed by atoms with Gasteiger partial charge in [0.05, 0.1) is 19.3 Å². The summed E-state index contributed by atoms with van der Waals surface area (Å²) in [7, 11) is 0. The van der Waals surface area contributed by atoms with E-state index < -0.39 is 0 Å². The molecule has 1 aliphatic carbocycles. The summed E-state index contributed by atoms with van der Waals surface area (Å²) in [4.78, 5) is 10.9. The van der Waals surface area contributed by atoms with Crippen molar-refractivity contribution < 1.29 is 9.84 Å². The second kappa shape index (κ2) is 6.11. The summed E-state index contributed by atoms with van der Waals surface area (Å²) >= 11 is 6.08. The van der Waals surface area contributed by atoms with Crippen molar-refractivity contribution in [1.82, 2.24) is 9.97 Å². The molecule has 2 fully saturated rings. The van der Waals surface area contributed by atoms with Gasteiger partial charge < -0.3 is 20.1 Å². The van der Waals surface area contributed by atoms with Crippen LogP contribution in [0, 0.1) is 0 Å². The average molecular weight is 299 g/mol. The van der Waals surface area contributed by atoms with Crippen molar-refractivity contribution in [2.24, 2.45) is 0 Å². The molecular formula is C13H19ClN4O2. The number of anilines is 2. The maximum Gasteiger partial charge on any atom is 0.226 e. The highest BCUT2D eigenvalue weighted by Crippen LogP contribution is 2.24. The Balaban J connectivity index is 1.72. The Labute approximate surface area is 123 Å².